The summed E-state index contributed by atoms with van der Waals surface area (Å²) in [4.78, 5) is 11.6. The quantitative estimate of drug-likeness (QED) is 0.561. The van der Waals surface area contributed by atoms with Crippen LogP contribution >= 0.6 is 28.7 Å². The van der Waals surface area contributed by atoms with Gasteiger partial charge in [0.1, 0.15) is 22.7 Å². The van der Waals surface area contributed by atoms with Gasteiger partial charge in [0.25, 0.3) is 0 Å². The molecule has 0 aliphatic carbocycles. The number of carboxylic acid groups (broad SMARTS) is 1. The summed E-state index contributed by atoms with van der Waals surface area (Å²) in [5.74, 6) is -1.33. The van der Waals surface area contributed by atoms with Gasteiger partial charge in [0.05, 0.1) is 5.69 Å². The lowest BCUT2D eigenvalue weighted by Gasteiger charge is -2.01. The van der Waals surface area contributed by atoms with Gasteiger partial charge in [0.15, 0.2) is 0 Å². The van der Waals surface area contributed by atoms with Crippen molar-refractivity contribution in [3.8, 4) is 11.3 Å². The Morgan fingerprint density at radius 1 is 1.27 bits per heavy atom. The molecule has 0 amide bonds. The van der Waals surface area contributed by atoms with E-state index in [2.05, 4.69) is 33.5 Å². The van der Waals surface area contributed by atoms with E-state index in [0.717, 1.165) is 0 Å². The first kappa shape index (κ1) is 14.9. The number of nitrogens with one attached hydrogen (secondary N) is 1. The number of anilines is 1. The van der Waals surface area contributed by atoms with Crippen molar-refractivity contribution in [3.63, 3.8) is 0 Å². The van der Waals surface area contributed by atoms with Crippen molar-refractivity contribution in [2.45, 2.75) is 0 Å². The van der Waals surface area contributed by atoms with E-state index >= 15 is 0 Å². The van der Waals surface area contributed by atoms with Gasteiger partial charge in [-0.1, -0.05) is 12.8 Å². The van der Waals surface area contributed by atoms with Crippen LogP contribution in [0.3, 0.4) is 0 Å². The fraction of sp³-hybridized carbons (Fsp3) is 0. The molecule has 0 spiro atoms. The molecule has 2 aromatic carbocycles. The second-order valence-electron chi connectivity index (χ2n) is 4.56. The van der Waals surface area contributed by atoms with Gasteiger partial charge >= 0.3 is 5.97 Å². The topological polar surface area (TPSA) is 62.5 Å². The highest BCUT2D eigenvalue weighted by Gasteiger charge is 2.22. The van der Waals surface area contributed by atoms with Crippen molar-refractivity contribution in [1.82, 2.24) is 0 Å². The number of aromatic carboxylic acids is 1. The van der Waals surface area contributed by atoms with Gasteiger partial charge in [-0.15, -0.1) is 0 Å². The molecule has 0 aliphatic rings. The summed E-state index contributed by atoms with van der Waals surface area (Å²) in [6.45, 7) is 0. The first-order valence-corrected chi connectivity index (χ1v) is 7.40. The molecule has 1 heterocycles. The SMILES string of the molecule is O=C(O)c1c(-c2ccc(F)cc2)oc2cc(NS)c(Br)cc12. The largest absolute Gasteiger partial charge is 0.478 e. The minimum atomic E-state index is -1.11. The molecule has 0 atom stereocenters. The number of hydrogen-bond donors (Lipinski definition) is 3. The van der Waals surface area contributed by atoms with E-state index in [-0.39, 0.29) is 11.3 Å². The van der Waals surface area contributed by atoms with Gasteiger partial charge in [-0.05, 0) is 46.3 Å². The maximum atomic E-state index is 13.0. The van der Waals surface area contributed by atoms with Crippen LogP contribution in [0.25, 0.3) is 22.3 Å². The number of hydrogen-bond acceptors (Lipinski definition) is 4. The van der Waals surface area contributed by atoms with Gasteiger partial charge in [-0.25, -0.2) is 9.18 Å². The monoisotopic (exact) mass is 381 g/mol. The van der Waals surface area contributed by atoms with Gasteiger partial charge in [0.2, 0.25) is 0 Å². The highest BCUT2D eigenvalue weighted by atomic mass is 79.9. The van der Waals surface area contributed by atoms with Crippen molar-refractivity contribution in [2.24, 2.45) is 0 Å². The van der Waals surface area contributed by atoms with E-state index in [4.69, 9.17) is 4.42 Å². The van der Waals surface area contributed by atoms with E-state index < -0.39 is 11.8 Å². The standard InChI is InChI=1S/C15H9BrFNO3S/c16-10-5-9-12(6-11(10)18-22)21-14(13(9)15(19)20)7-1-3-8(17)4-2-7/h1-6,18,22H,(H,19,20). The Morgan fingerprint density at radius 3 is 2.55 bits per heavy atom. The van der Waals surface area contributed by atoms with E-state index in [1.807, 2.05) is 0 Å². The molecule has 3 aromatic rings. The fourth-order valence-corrected chi connectivity index (χ4v) is 3.00. The van der Waals surface area contributed by atoms with E-state index in [1.165, 1.54) is 24.3 Å². The third-order valence-corrected chi connectivity index (χ3v) is 4.12. The molecule has 22 heavy (non-hydrogen) atoms. The molecule has 3 rings (SSSR count). The lowest BCUT2D eigenvalue weighted by Crippen LogP contribution is -1.97. The van der Waals surface area contributed by atoms with Crippen molar-refractivity contribution < 1.29 is 18.7 Å². The number of rotatable bonds is 3. The zero-order chi connectivity index (χ0) is 15.9. The molecule has 0 saturated heterocycles. The Hall–Kier alpha value is -1.99. The summed E-state index contributed by atoms with van der Waals surface area (Å²) in [5.41, 5.74) is 1.57. The Kier molecular flexibility index (Phi) is 3.84. The van der Waals surface area contributed by atoms with Crippen molar-refractivity contribution in [3.05, 3.63) is 52.3 Å². The molecular weight excluding hydrogens is 373 g/mol. The molecular formula is C15H9BrFNO3S. The van der Waals surface area contributed by atoms with Crippen molar-refractivity contribution in [2.75, 3.05) is 4.72 Å². The summed E-state index contributed by atoms with van der Waals surface area (Å²) >= 11 is 7.32. The van der Waals surface area contributed by atoms with Crippen LogP contribution in [-0.2, 0) is 0 Å². The van der Waals surface area contributed by atoms with Crippen molar-refractivity contribution >= 4 is 51.4 Å². The third-order valence-electron chi connectivity index (χ3n) is 3.22. The average Bonchev–Trinajstić information content (AvgIpc) is 2.85. The third kappa shape index (κ3) is 2.46. The van der Waals surface area contributed by atoms with Crippen LogP contribution in [0.2, 0.25) is 0 Å². The van der Waals surface area contributed by atoms with E-state index in [1.54, 1.807) is 12.1 Å². The molecule has 0 bridgehead atoms. The van der Waals surface area contributed by atoms with Crippen LogP contribution in [0.15, 0.2) is 45.3 Å². The number of furan rings is 1. The van der Waals surface area contributed by atoms with E-state index in [9.17, 15) is 14.3 Å². The smallest absolute Gasteiger partial charge is 0.340 e. The van der Waals surface area contributed by atoms with Gasteiger partial charge in [-0.2, -0.15) is 0 Å². The number of benzene rings is 2. The maximum absolute atomic E-state index is 13.0. The van der Waals surface area contributed by atoms with Crippen molar-refractivity contribution in [1.29, 1.82) is 0 Å². The molecule has 2 N–H and O–H groups in total. The molecule has 0 unspecified atom stereocenters. The number of carbonyl (C=O) groups is 1. The number of halogens is 2. The second-order valence-corrected chi connectivity index (χ2v) is 5.64. The summed E-state index contributed by atoms with van der Waals surface area (Å²) in [7, 11) is 0. The predicted molar refractivity (Wildman–Crippen MR) is 88.9 cm³/mol. The fourth-order valence-electron chi connectivity index (χ4n) is 2.22. The van der Waals surface area contributed by atoms with Crippen LogP contribution in [0.4, 0.5) is 10.1 Å². The highest BCUT2D eigenvalue weighted by Crippen LogP contribution is 2.38. The molecule has 0 aliphatic heterocycles. The Morgan fingerprint density at radius 2 is 1.95 bits per heavy atom. The number of thiol groups is 1. The second kappa shape index (κ2) is 5.66. The highest BCUT2D eigenvalue weighted by molar-refractivity contribution is 9.10. The first-order chi connectivity index (χ1) is 10.5. The van der Waals surface area contributed by atoms with Gasteiger partial charge in [-0.3, -0.25) is 0 Å². The summed E-state index contributed by atoms with van der Waals surface area (Å²) in [6, 6.07) is 8.76. The Balaban J connectivity index is 2.32. The average molecular weight is 382 g/mol. The maximum Gasteiger partial charge on any atom is 0.340 e. The molecule has 112 valence electrons. The zero-order valence-corrected chi connectivity index (χ0v) is 13.4. The summed E-state index contributed by atoms with van der Waals surface area (Å²) in [6.07, 6.45) is 0. The molecule has 0 saturated carbocycles. The van der Waals surface area contributed by atoms with Gasteiger partial charge < -0.3 is 14.2 Å². The lowest BCUT2D eigenvalue weighted by atomic mass is 10.1. The lowest BCUT2D eigenvalue weighted by molar-refractivity contribution is 0.0699. The first-order valence-electron chi connectivity index (χ1n) is 6.16. The van der Waals surface area contributed by atoms with Crippen LogP contribution in [0.1, 0.15) is 10.4 Å². The predicted octanol–water partition coefficient (Wildman–Crippen LogP) is 4.96. The Bertz CT molecular complexity index is 877. The van der Waals surface area contributed by atoms with Crippen LogP contribution in [0.5, 0.6) is 0 Å². The summed E-state index contributed by atoms with van der Waals surface area (Å²) in [5, 5.41) is 9.96. The molecule has 0 radical (unpaired) electrons. The van der Waals surface area contributed by atoms with Crippen LogP contribution < -0.4 is 4.72 Å². The molecule has 0 fully saturated rings. The Labute approximate surface area is 138 Å². The van der Waals surface area contributed by atoms with E-state index in [0.29, 0.717) is 26.7 Å². The van der Waals surface area contributed by atoms with Gasteiger partial charge in [0, 0.05) is 21.5 Å². The van der Waals surface area contributed by atoms with Crippen LogP contribution in [-0.4, -0.2) is 11.1 Å². The molecule has 1 aromatic heterocycles. The van der Waals surface area contributed by atoms with Crippen LogP contribution in [0, 0.1) is 5.82 Å². The number of fused-ring (bicyclic) bond motifs is 1. The number of carboxylic acids is 1. The minimum absolute atomic E-state index is 0.0352. The molecule has 7 heteroatoms. The summed E-state index contributed by atoms with van der Waals surface area (Å²) < 4.78 is 22.1. The molecule has 4 nitrogen and oxygen atoms in total. The zero-order valence-electron chi connectivity index (χ0n) is 10.9. The normalized spacial score (nSPS) is 10.9. The minimum Gasteiger partial charge on any atom is -0.478 e.